The van der Waals surface area contributed by atoms with E-state index in [0.29, 0.717) is 12.1 Å². The highest BCUT2D eigenvalue weighted by Crippen LogP contribution is 2.53. The number of fused-ring (bicyclic) bond motifs is 1. The third-order valence-corrected chi connectivity index (χ3v) is 9.10. The van der Waals surface area contributed by atoms with Gasteiger partial charge in [0.2, 0.25) is 11.5 Å². The molecule has 6 rings (SSSR count). The molecule has 4 aliphatic rings. The Hall–Kier alpha value is -2.69. The molecule has 40 heavy (non-hydrogen) atoms. The number of rotatable bonds is 9. The summed E-state index contributed by atoms with van der Waals surface area (Å²) in [7, 11) is 0. The van der Waals surface area contributed by atoms with Gasteiger partial charge in [0.1, 0.15) is 5.82 Å². The quantitative estimate of drug-likeness (QED) is 0.406. The largest absolute Gasteiger partial charge is 0.416 e. The monoisotopic (exact) mass is 579 g/mol. The van der Waals surface area contributed by atoms with Gasteiger partial charge in [-0.05, 0) is 80.5 Å². The molecule has 2 aromatic rings. The van der Waals surface area contributed by atoms with E-state index in [0.717, 1.165) is 54.8 Å². The number of nitrogens with two attached hydrogens (primary N) is 1. The molecule has 2 amide bonds. The lowest BCUT2D eigenvalue weighted by molar-refractivity contribution is -0.142. The molecule has 1 atom stereocenters. The van der Waals surface area contributed by atoms with Gasteiger partial charge in [0, 0.05) is 36.8 Å². The lowest BCUT2D eigenvalue weighted by atomic mass is 9.78. The summed E-state index contributed by atoms with van der Waals surface area (Å²) in [5, 5.41) is 11.4. The van der Waals surface area contributed by atoms with Crippen LogP contribution in [0.5, 0.6) is 0 Å². The maximum Gasteiger partial charge on any atom is 0.416 e. The van der Waals surface area contributed by atoms with Gasteiger partial charge in [-0.1, -0.05) is 17.7 Å². The van der Waals surface area contributed by atoms with Crippen LogP contribution in [0.15, 0.2) is 30.3 Å². The highest BCUT2D eigenvalue weighted by atomic mass is 35.5. The molecule has 1 unspecified atom stereocenters. The summed E-state index contributed by atoms with van der Waals surface area (Å²) >= 11 is 6.19. The number of hydrogen-bond acceptors (Lipinski definition) is 4. The minimum absolute atomic E-state index is 0.0108. The number of carbonyl (C=O) groups excluding carboxylic acids is 2. The number of primary amides is 1. The zero-order valence-electron chi connectivity index (χ0n) is 21.7. The maximum atomic E-state index is 15.1. The van der Waals surface area contributed by atoms with Gasteiger partial charge < -0.3 is 15.7 Å². The highest BCUT2D eigenvalue weighted by Gasteiger charge is 2.58. The number of alkyl halides is 3. The Morgan fingerprint density at radius 2 is 1.70 bits per heavy atom. The van der Waals surface area contributed by atoms with E-state index in [2.05, 4.69) is 4.90 Å². The molecule has 1 heterocycles. The predicted molar refractivity (Wildman–Crippen MR) is 140 cm³/mol. The first-order valence-corrected chi connectivity index (χ1v) is 14.0. The zero-order valence-corrected chi connectivity index (χ0v) is 22.4. The number of benzene rings is 2. The predicted octanol–water partition coefficient (Wildman–Crippen LogP) is 5.08. The lowest BCUT2D eigenvalue weighted by Crippen LogP contribution is -2.51. The molecule has 1 aliphatic heterocycles. The van der Waals surface area contributed by atoms with E-state index in [1.807, 2.05) is 0 Å². The Morgan fingerprint density at radius 1 is 1.07 bits per heavy atom. The molecule has 214 valence electrons. The summed E-state index contributed by atoms with van der Waals surface area (Å²) in [5.41, 5.74) is -1.53. The molecule has 3 saturated carbocycles. The topological polar surface area (TPSA) is 86.9 Å². The third-order valence-electron chi connectivity index (χ3n) is 8.79. The van der Waals surface area contributed by atoms with Crippen molar-refractivity contribution in [2.75, 3.05) is 24.5 Å². The second-order valence-corrected chi connectivity index (χ2v) is 12.2. The number of hydrogen-bond donors (Lipinski definition) is 2. The number of aliphatic hydroxyl groups is 1. The number of anilines is 1. The standard InChI is InChI=1S/C29H30ClF4N3O3/c30-21-2-1-3-22(31)25(21)28(40)24-20(29(32,33)34)10-18(26(35)38)11-23(24)37(27(28)39)14-17-8-19(9-17)36(12-15-4-5-15)13-16-6-7-16/h1-3,10-11,15-17,19,40H,4-9,12-14H2,(H2,35,38)/t17-,19-,28?. The first-order valence-electron chi connectivity index (χ1n) is 13.7. The van der Waals surface area contributed by atoms with Crippen molar-refractivity contribution in [3.63, 3.8) is 0 Å². The van der Waals surface area contributed by atoms with Crippen molar-refractivity contribution < 1.29 is 32.3 Å². The van der Waals surface area contributed by atoms with Gasteiger partial charge in [0.15, 0.2) is 0 Å². The molecular formula is C29H30ClF4N3O3. The van der Waals surface area contributed by atoms with Crippen molar-refractivity contribution >= 4 is 29.1 Å². The Morgan fingerprint density at radius 3 is 2.23 bits per heavy atom. The van der Waals surface area contributed by atoms with E-state index < -0.39 is 56.7 Å². The zero-order chi connectivity index (χ0) is 28.6. The van der Waals surface area contributed by atoms with E-state index in [1.165, 1.54) is 37.8 Å². The summed E-state index contributed by atoms with van der Waals surface area (Å²) in [6.45, 7) is 2.10. The van der Waals surface area contributed by atoms with E-state index in [9.17, 15) is 27.9 Å². The number of halogens is 5. The van der Waals surface area contributed by atoms with Crippen LogP contribution in [0.25, 0.3) is 0 Å². The third kappa shape index (κ3) is 4.77. The van der Waals surface area contributed by atoms with Crippen LogP contribution in [0.2, 0.25) is 5.02 Å². The molecular weight excluding hydrogens is 550 g/mol. The minimum atomic E-state index is -5.09. The van der Waals surface area contributed by atoms with Crippen LogP contribution in [0.4, 0.5) is 23.2 Å². The van der Waals surface area contributed by atoms with Gasteiger partial charge in [-0.3, -0.25) is 14.5 Å². The molecule has 3 aliphatic carbocycles. The Balaban J connectivity index is 1.37. The second-order valence-electron chi connectivity index (χ2n) is 11.8. The van der Waals surface area contributed by atoms with E-state index in [-0.39, 0.29) is 18.2 Å². The van der Waals surface area contributed by atoms with Crippen molar-refractivity contribution in [2.45, 2.75) is 56.3 Å². The summed E-state index contributed by atoms with van der Waals surface area (Å²) in [4.78, 5) is 29.5. The van der Waals surface area contributed by atoms with Crippen LogP contribution in [0, 0.1) is 23.6 Å². The average molecular weight is 580 g/mol. The van der Waals surface area contributed by atoms with Gasteiger partial charge in [-0.25, -0.2) is 4.39 Å². The molecule has 0 radical (unpaired) electrons. The average Bonchev–Trinajstić information content (AvgIpc) is 3.78. The summed E-state index contributed by atoms with van der Waals surface area (Å²) in [6.07, 6.45) is 1.34. The van der Waals surface area contributed by atoms with Crippen molar-refractivity contribution in [2.24, 2.45) is 23.5 Å². The van der Waals surface area contributed by atoms with Crippen LogP contribution >= 0.6 is 11.6 Å². The van der Waals surface area contributed by atoms with Crippen molar-refractivity contribution in [3.05, 3.63) is 63.4 Å². The van der Waals surface area contributed by atoms with Gasteiger partial charge in [0.25, 0.3) is 5.91 Å². The highest BCUT2D eigenvalue weighted by molar-refractivity contribution is 6.32. The normalized spacial score (nSPS) is 26.3. The first-order chi connectivity index (χ1) is 18.9. The molecule has 0 bridgehead atoms. The maximum absolute atomic E-state index is 15.1. The Labute approximate surface area is 234 Å². The van der Waals surface area contributed by atoms with Gasteiger partial charge in [-0.2, -0.15) is 13.2 Å². The second kappa shape index (κ2) is 9.70. The van der Waals surface area contributed by atoms with Crippen LogP contribution in [-0.4, -0.2) is 47.5 Å². The van der Waals surface area contributed by atoms with Crippen LogP contribution in [-0.2, 0) is 16.6 Å². The molecule has 2 aromatic carbocycles. The van der Waals surface area contributed by atoms with Gasteiger partial charge in [-0.15, -0.1) is 0 Å². The summed E-state index contributed by atoms with van der Waals surface area (Å²) in [6, 6.07) is 5.23. The van der Waals surface area contributed by atoms with E-state index in [4.69, 9.17) is 17.3 Å². The molecule has 6 nitrogen and oxygen atoms in total. The Bertz CT molecular complexity index is 1340. The lowest BCUT2D eigenvalue weighted by Gasteiger charge is -2.44. The van der Waals surface area contributed by atoms with E-state index >= 15 is 4.39 Å². The van der Waals surface area contributed by atoms with Crippen molar-refractivity contribution in [1.82, 2.24) is 4.90 Å². The van der Waals surface area contributed by atoms with Gasteiger partial charge >= 0.3 is 6.18 Å². The Kier molecular flexibility index (Phi) is 6.66. The van der Waals surface area contributed by atoms with Crippen molar-refractivity contribution in [1.29, 1.82) is 0 Å². The fourth-order valence-electron chi connectivity index (χ4n) is 6.30. The molecule has 3 N–H and O–H groups in total. The fourth-order valence-corrected chi connectivity index (χ4v) is 6.60. The smallest absolute Gasteiger partial charge is 0.372 e. The summed E-state index contributed by atoms with van der Waals surface area (Å²) in [5.74, 6) is -2.00. The van der Waals surface area contributed by atoms with Gasteiger partial charge in [0.05, 0.1) is 21.8 Å². The molecule has 0 aromatic heterocycles. The van der Waals surface area contributed by atoms with Crippen molar-refractivity contribution in [3.8, 4) is 0 Å². The number of nitrogens with zero attached hydrogens (tertiary/aromatic N) is 2. The van der Waals surface area contributed by atoms with Crippen LogP contribution < -0.4 is 10.6 Å². The van der Waals surface area contributed by atoms with E-state index in [1.54, 1.807) is 0 Å². The molecule has 0 spiro atoms. The number of amides is 2. The molecule has 11 heteroatoms. The number of carbonyl (C=O) groups is 2. The minimum Gasteiger partial charge on any atom is -0.372 e. The molecule has 3 fully saturated rings. The SMILES string of the molecule is NC(=O)c1cc2c(c(C(F)(F)F)c1)C(O)(c1c(F)cccc1Cl)C(=O)N2C[C@H]1C[C@H](N(CC2CC2)CC2CC2)C1. The van der Waals surface area contributed by atoms with Crippen LogP contribution in [0.1, 0.15) is 65.6 Å². The molecule has 0 saturated heterocycles. The first kappa shape index (κ1) is 27.5. The fraction of sp³-hybridized carbons (Fsp3) is 0.517. The summed E-state index contributed by atoms with van der Waals surface area (Å²) < 4.78 is 58.2. The van der Waals surface area contributed by atoms with Crippen LogP contribution in [0.3, 0.4) is 0 Å².